The lowest BCUT2D eigenvalue weighted by atomic mass is 9.67. The Morgan fingerprint density at radius 1 is 0.875 bits per heavy atom. The molecule has 0 amide bonds. The van der Waals surface area contributed by atoms with Crippen LogP contribution >= 0.6 is 0 Å². The average molecular weight is 550 g/mol. The summed E-state index contributed by atoms with van der Waals surface area (Å²) in [6.45, 7) is 5.46. The van der Waals surface area contributed by atoms with Gasteiger partial charge in [0.2, 0.25) is 0 Å². The highest BCUT2D eigenvalue weighted by Gasteiger charge is 2.50. The van der Waals surface area contributed by atoms with Gasteiger partial charge in [-0.1, -0.05) is 30.3 Å². The second-order valence-corrected chi connectivity index (χ2v) is 9.44. The molecule has 9 nitrogen and oxygen atoms in total. The topological polar surface area (TPSA) is 109 Å². The number of allylic oxidation sites excluding steroid dienone is 3. The van der Waals surface area contributed by atoms with E-state index in [1.807, 2.05) is 18.2 Å². The van der Waals surface area contributed by atoms with Gasteiger partial charge in [0, 0.05) is 28.4 Å². The molecule has 4 rings (SSSR count). The zero-order valence-electron chi connectivity index (χ0n) is 23.7. The molecule has 40 heavy (non-hydrogen) atoms. The van der Waals surface area contributed by atoms with Crippen molar-refractivity contribution in [2.75, 3.05) is 34.5 Å². The molecule has 0 radical (unpaired) electrons. The summed E-state index contributed by atoms with van der Waals surface area (Å²) in [6, 6.07) is 12.6. The third-order valence-corrected chi connectivity index (χ3v) is 7.34. The van der Waals surface area contributed by atoms with Gasteiger partial charge in [-0.3, -0.25) is 9.59 Å². The highest BCUT2D eigenvalue weighted by molar-refractivity contribution is 6.13. The minimum Gasteiger partial charge on any atom is -0.496 e. The van der Waals surface area contributed by atoms with Crippen LogP contribution in [0.4, 0.5) is 0 Å². The van der Waals surface area contributed by atoms with Crippen LogP contribution in [0.3, 0.4) is 0 Å². The van der Waals surface area contributed by atoms with Crippen molar-refractivity contribution in [3.8, 4) is 17.2 Å². The normalized spacial score (nSPS) is 20.4. The summed E-state index contributed by atoms with van der Waals surface area (Å²) in [5.41, 5.74) is 2.99. The van der Waals surface area contributed by atoms with Crippen LogP contribution in [0.15, 0.2) is 65.0 Å². The van der Waals surface area contributed by atoms with E-state index >= 15 is 0 Å². The van der Waals surface area contributed by atoms with Crippen LogP contribution in [0.2, 0.25) is 0 Å². The van der Waals surface area contributed by atoms with Crippen LogP contribution in [-0.4, -0.2) is 52.3 Å². The van der Waals surface area contributed by atoms with Gasteiger partial charge in [-0.05, 0) is 44.9 Å². The number of para-hydroxylation sites is 2. The number of esters is 2. The van der Waals surface area contributed by atoms with Gasteiger partial charge in [0.25, 0.3) is 0 Å². The molecule has 0 spiro atoms. The van der Waals surface area contributed by atoms with Gasteiger partial charge in [-0.15, -0.1) is 0 Å². The van der Waals surface area contributed by atoms with E-state index < -0.39 is 35.5 Å². The minimum absolute atomic E-state index is 0.117. The number of Topliss-reactive ketones (excluding diaryl/α,β-unsaturated/α-hetero) is 1. The molecule has 2 aromatic rings. The Labute approximate surface area is 234 Å². The number of benzene rings is 2. The summed E-state index contributed by atoms with van der Waals surface area (Å²) in [4.78, 5) is 41.4. The maximum atomic E-state index is 14.5. The Balaban J connectivity index is 1.98. The molecule has 0 fully saturated rings. The van der Waals surface area contributed by atoms with E-state index in [1.165, 1.54) is 14.2 Å². The second kappa shape index (κ2) is 12.3. The second-order valence-electron chi connectivity index (χ2n) is 9.44. The van der Waals surface area contributed by atoms with E-state index in [1.54, 1.807) is 52.1 Å². The van der Waals surface area contributed by atoms with Gasteiger partial charge in [-0.25, -0.2) is 4.79 Å². The lowest BCUT2D eigenvalue weighted by molar-refractivity contribution is -0.152. The zero-order valence-corrected chi connectivity index (χ0v) is 23.7. The van der Waals surface area contributed by atoms with Crippen LogP contribution in [0.5, 0.6) is 17.2 Å². The Bertz CT molecular complexity index is 1380. The summed E-state index contributed by atoms with van der Waals surface area (Å²) in [6.07, 6.45) is 0.307. The number of nitrogens with one attached hydrogen (secondary N) is 1. The van der Waals surface area contributed by atoms with E-state index in [0.29, 0.717) is 46.2 Å². The largest absolute Gasteiger partial charge is 0.496 e. The van der Waals surface area contributed by atoms with Gasteiger partial charge in [0.1, 0.15) is 11.7 Å². The summed E-state index contributed by atoms with van der Waals surface area (Å²) < 4.78 is 27.7. The zero-order chi connectivity index (χ0) is 29.0. The first-order chi connectivity index (χ1) is 19.3. The lowest BCUT2D eigenvalue weighted by Crippen LogP contribution is -2.43. The van der Waals surface area contributed by atoms with Gasteiger partial charge in [-0.2, -0.15) is 0 Å². The molecule has 1 N–H and O–H groups in total. The third-order valence-electron chi connectivity index (χ3n) is 7.34. The van der Waals surface area contributed by atoms with Gasteiger partial charge < -0.3 is 29.0 Å². The number of hydrogen-bond acceptors (Lipinski definition) is 9. The number of carbonyl (C=O) groups is 3. The molecule has 0 saturated carbocycles. The highest BCUT2D eigenvalue weighted by atomic mass is 16.5. The average Bonchev–Trinajstić information content (AvgIpc) is 2.95. The quantitative estimate of drug-likeness (QED) is 0.359. The fourth-order valence-electron chi connectivity index (χ4n) is 5.73. The molecule has 2 aliphatic rings. The molecule has 2 aromatic carbocycles. The maximum Gasteiger partial charge on any atom is 0.336 e. The van der Waals surface area contributed by atoms with Crippen molar-refractivity contribution in [2.24, 2.45) is 5.92 Å². The molecule has 1 aliphatic carbocycles. The van der Waals surface area contributed by atoms with Crippen LogP contribution < -0.4 is 19.5 Å². The van der Waals surface area contributed by atoms with Crippen LogP contribution in [0, 0.1) is 5.92 Å². The highest BCUT2D eigenvalue weighted by Crippen LogP contribution is 2.51. The fourth-order valence-corrected chi connectivity index (χ4v) is 5.73. The fraction of sp³-hybridized carbons (Fsp3) is 0.387. The number of methoxy groups -OCH3 is 3. The smallest absolute Gasteiger partial charge is 0.336 e. The predicted molar refractivity (Wildman–Crippen MR) is 147 cm³/mol. The van der Waals surface area contributed by atoms with Crippen molar-refractivity contribution in [1.29, 1.82) is 0 Å². The molecular formula is C31H35NO8. The summed E-state index contributed by atoms with van der Waals surface area (Å²) in [7, 11) is 4.57. The van der Waals surface area contributed by atoms with Crippen molar-refractivity contribution in [1.82, 2.24) is 5.32 Å². The molecule has 9 heteroatoms. The molecule has 0 unspecified atom stereocenters. The molecular weight excluding hydrogens is 514 g/mol. The lowest BCUT2D eigenvalue weighted by Gasteiger charge is -2.40. The number of hydrogen-bond donors (Lipinski definition) is 1. The molecule has 0 bridgehead atoms. The Hall–Kier alpha value is -4.27. The summed E-state index contributed by atoms with van der Waals surface area (Å²) >= 11 is 0. The number of ether oxygens (including phenoxy) is 5. The molecule has 0 saturated heterocycles. The molecule has 3 atom stereocenters. The van der Waals surface area contributed by atoms with E-state index in [2.05, 4.69) is 5.32 Å². The Morgan fingerprint density at radius 2 is 1.52 bits per heavy atom. The van der Waals surface area contributed by atoms with Gasteiger partial charge >= 0.3 is 11.9 Å². The number of rotatable bonds is 9. The van der Waals surface area contributed by atoms with E-state index in [9.17, 15) is 14.4 Å². The van der Waals surface area contributed by atoms with Crippen molar-refractivity contribution >= 4 is 17.7 Å². The van der Waals surface area contributed by atoms with Crippen molar-refractivity contribution in [2.45, 2.75) is 39.0 Å². The first kappa shape index (κ1) is 28.7. The SMILES string of the molecule is CCOC(=O)C1=C(C)NC2=C(C(=O)[C@H](C(=O)OCC)[C@@H](c3ccccc3OC)C2)[C@H]1c1cccc(OC)c1OC. The first-order valence-electron chi connectivity index (χ1n) is 13.2. The van der Waals surface area contributed by atoms with E-state index in [-0.39, 0.29) is 18.8 Å². The molecule has 0 aromatic heterocycles. The first-order valence-corrected chi connectivity index (χ1v) is 13.2. The standard InChI is InChI=1S/C31H35NO8/c1-7-39-30(34)24-17(3)32-21-16-20(18-12-9-10-14-22(18)36-4)26(31(35)40-8-2)28(33)27(21)25(24)19-13-11-15-23(37-5)29(19)38-6/h9-15,20,25-26,32H,7-8,16H2,1-6H3/t20-,25+,26-/m1/s1. The monoisotopic (exact) mass is 549 g/mol. The predicted octanol–water partition coefficient (Wildman–Crippen LogP) is 4.43. The third kappa shape index (κ3) is 5.03. The molecule has 1 heterocycles. The van der Waals surface area contributed by atoms with Crippen molar-refractivity contribution in [3.63, 3.8) is 0 Å². The number of carbonyl (C=O) groups excluding carboxylic acids is 3. The van der Waals surface area contributed by atoms with Crippen molar-refractivity contribution < 1.29 is 38.1 Å². The minimum atomic E-state index is -1.15. The van der Waals surface area contributed by atoms with E-state index in [4.69, 9.17) is 23.7 Å². The Kier molecular flexibility index (Phi) is 8.82. The van der Waals surface area contributed by atoms with Gasteiger partial charge in [0.05, 0.1) is 46.0 Å². The molecule has 212 valence electrons. The summed E-state index contributed by atoms with van der Waals surface area (Å²) in [5, 5.41) is 3.31. The maximum absolute atomic E-state index is 14.5. The summed E-state index contributed by atoms with van der Waals surface area (Å²) in [5.74, 6) is -2.83. The number of dihydropyridines is 1. The van der Waals surface area contributed by atoms with Gasteiger partial charge in [0.15, 0.2) is 17.3 Å². The van der Waals surface area contributed by atoms with Crippen LogP contribution in [0.1, 0.15) is 50.2 Å². The van der Waals surface area contributed by atoms with Crippen molar-refractivity contribution in [3.05, 3.63) is 76.1 Å². The molecule has 1 aliphatic heterocycles. The number of ketones is 1. The van der Waals surface area contributed by atoms with Crippen LogP contribution in [-0.2, 0) is 23.9 Å². The van der Waals surface area contributed by atoms with E-state index in [0.717, 1.165) is 5.56 Å². The Morgan fingerprint density at radius 3 is 2.17 bits per heavy atom. The van der Waals surface area contributed by atoms with Crippen LogP contribution in [0.25, 0.3) is 0 Å².